The largest absolute Gasteiger partial charge is 0.323 e. The summed E-state index contributed by atoms with van der Waals surface area (Å²) in [7, 11) is -3.50. The molecule has 0 aliphatic carbocycles. The Morgan fingerprint density at radius 3 is 2.60 bits per heavy atom. The number of rotatable bonds is 4. The number of anilines is 1. The first kappa shape index (κ1) is 18.3. The zero-order valence-electron chi connectivity index (χ0n) is 13.1. The quantitative estimate of drug-likeness (QED) is 0.849. The third-order valence-corrected chi connectivity index (χ3v) is 7.69. The maximum atomic E-state index is 13.9. The smallest absolute Gasteiger partial charge is 0.252 e. The van der Waals surface area contributed by atoms with E-state index in [4.69, 9.17) is 11.6 Å². The number of sulfonamides is 1. The molecule has 0 spiro atoms. The fourth-order valence-electron chi connectivity index (χ4n) is 2.73. The van der Waals surface area contributed by atoms with Crippen molar-refractivity contribution in [2.45, 2.75) is 17.1 Å². The average Bonchev–Trinajstić information content (AvgIpc) is 3.14. The van der Waals surface area contributed by atoms with E-state index < -0.39 is 15.8 Å². The first-order valence-electron chi connectivity index (χ1n) is 7.68. The van der Waals surface area contributed by atoms with Crippen LogP contribution in [0, 0.1) is 11.7 Å². The van der Waals surface area contributed by atoms with E-state index in [0.717, 1.165) is 0 Å². The number of hydrogen-bond donors (Lipinski definition) is 1. The van der Waals surface area contributed by atoms with E-state index in [1.165, 1.54) is 27.8 Å². The van der Waals surface area contributed by atoms with Crippen molar-refractivity contribution >= 4 is 44.6 Å². The van der Waals surface area contributed by atoms with Crippen molar-refractivity contribution in [2.75, 3.05) is 18.4 Å². The van der Waals surface area contributed by atoms with Crippen molar-refractivity contribution in [3.05, 3.63) is 46.6 Å². The van der Waals surface area contributed by atoms with Crippen LogP contribution in [-0.2, 0) is 14.8 Å². The van der Waals surface area contributed by atoms with Gasteiger partial charge in [0.15, 0.2) is 5.82 Å². The number of carbonyl (C=O) groups is 1. The molecule has 0 saturated carbocycles. The summed E-state index contributed by atoms with van der Waals surface area (Å²) in [5, 5.41) is 4.19. The Morgan fingerprint density at radius 2 is 1.96 bits per heavy atom. The highest BCUT2D eigenvalue weighted by Gasteiger charge is 2.32. The minimum atomic E-state index is -3.50. The number of thiophene rings is 1. The first-order chi connectivity index (χ1) is 11.9. The molecule has 1 fully saturated rings. The molecule has 3 rings (SSSR count). The average molecular weight is 403 g/mol. The predicted molar refractivity (Wildman–Crippen MR) is 95.8 cm³/mol. The molecule has 1 N–H and O–H groups in total. The van der Waals surface area contributed by atoms with Gasteiger partial charge in [-0.2, -0.15) is 4.31 Å². The summed E-state index contributed by atoms with van der Waals surface area (Å²) in [5.74, 6) is -1.36. The number of halogens is 2. The topological polar surface area (TPSA) is 66.5 Å². The van der Waals surface area contributed by atoms with Crippen LogP contribution in [0.25, 0.3) is 0 Å². The van der Waals surface area contributed by atoms with E-state index in [-0.39, 0.29) is 35.6 Å². The fraction of sp³-hybridized carbons (Fsp3) is 0.312. The van der Waals surface area contributed by atoms with E-state index >= 15 is 0 Å². The molecule has 134 valence electrons. The zero-order valence-corrected chi connectivity index (χ0v) is 15.5. The highest BCUT2D eigenvalue weighted by Crippen LogP contribution is 2.28. The molecule has 1 amide bonds. The molecule has 0 unspecified atom stereocenters. The lowest BCUT2D eigenvalue weighted by molar-refractivity contribution is -0.120. The van der Waals surface area contributed by atoms with Crippen molar-refractivity contribution in [2.24, 2.45) is 5.92 Å². The second-order valence-electron chi connectivity index (χ2n) is 5.70. The van der Waals surface area contributed by atoms with Gasteiger partial charge in [-0.1, -0.05) is 23.7 Å². The van der Waals surface area contributed by atoms with Crippen LogP contribution in [-0.4, -0.2) is 31.7 Å². The number of hydrogen-bond acceptors (Lipinski definition) is 4. The van der Waals surface area contributed by atoms with E-state index in [1.54, 1.807) is 23.6 Å². The fourth-order valence-corrected chi connectivity index (χ4v) is 5.52. The molecule has 9 heteroatoms. The summed E-state index contributed by atoms with van der Waals surface area (Å²) >= 11 is 6.87. The molecule has 0 bridgehead atoms. The third-order valence-electron chi connectivity index (χ3n) is 4.12. The van der Waals surface area contributed by atoms with Crippen LogP contribution in [0.3, 0.4) is 0 Å². The van der Waals surface area contributed by atoms with Crippen molar-refractivity contribution < 1.29 is 17.6 Å². The molecule has 2 heterocycles. The monoisotopic (exact) mass is 402 g/mol. The molecule has 0 radical (unpaired) electrons. The summed E-state index contributed by atoms with van der Waals surface area (Å²) in [6.45, 7) is 0.521. The summed E-state index contributed by atoms with van der Waals surface area (Å²) in [6.07, 6.45) is 0.775. The lowest BCUT2D eigenvalue weighted by atomic mass is 9.97. The number of benzene rings is 1. The lowest BCUT2D eigenvalue weighted by Gasteiger charge is -2.30. The molecule has 25 heavy (non-hydrogen) atoms. The van der Waals surface area contributed by atoms with Gasteiger partial charge in [-0.05, 0) is 36.4 Å². The normalized spacial score (nSPS) is 16.7. The Balaban J connectivity index is 1.62. The summed E-state index contributed by atoms with van der Waals surface area (Å²) in [6, 6.07) is 7.66. The van der Waals surface area contributed by atoms with Gasteiger partial charge in [0, 0.05) is 19.0 Å². The van der Waals surface area contributed by atoms with Crippen LogP contribution in [0.2, 0.25) is 5.02 Å². The molecule has 2 aromatic rings. The van der Waals surface area contributed by atoms with E-state index in [2.05, 4.69) is 5.32 Å². The number of carbonyl (C=O) groups excluding carboxylic acids is 1. The van der Waals surface area contributed by atoms with Crippen molar-refractivity contribution in [1.29, 1.82) is 0 Å². The Bertz CT molecular complexity index is 864. The van der Waals surface area contributed by atoms with Crippen LogP contribution in [0.4, 0.5) is 10.1 Å². The minimum Gasteiger partial charge on any atom is -0.323 e. The lowest BCUT2D eigenvalue weighted by Crippen LogP contribution is -2.41. The summed E-state index contributed by atoms with van der Waals surface area (Å²) in [5.41, 5.74) is 0.0335. The number of amides is 1. The van der Waals surface area contributed by atoms with Gasteiger partial charge in [0.25, 0.3) is 10.0 Å². The second-order valence-corrected chi connectivity index (χ2v) is 9.22. The van der Waals surface area contributed by atoms with Gasteiger partial charge in [0.05, 0.1) is 10.7 Å². The minimum absolute atomic E-state index is 0.0335. The van der Waals surface area contributed by atoms with E-state index in [9.17, 15) is 17.6 Å². The number of nitrogens with zero attached hydrogens (tertiary/aromatic N) is 1. The van der Waals surface area contributed by atoms with Crippen LogP contribution >= 0.6 is 22.9 Å². The number of piperidine rings is 1. The molecular formula is C16H16ClFN2O3S2. The van der Waals surface area contributed by atoms with Crippen LogP contribution < -0.4 is 5.32 Å². The van der Waals surface area contributed by atoms with Crippen LogP contribution in [0.15, 0.2) is 39.9 Å². The molecule has 1 aromatic carbocycles. The zero-order chi connectivity index (χ0) is 18.0. The molecule has 1 aromatic heterocycles. The Hall–Kier alpha value is -1.48. The van der Waals surface area contributed by atoms with Gasteiger partial charge in [-0.15, -0.1) is 11.3 Å². The molecule has 0 atom stereocenters. The summed E-state index contributed by atoms with van der Waals surface area (Å²) < 4.78 is 40.5. The predicted octanol–water partition coefficient (Wildman–Crippen LogP) is 3.58. The third kappa shape index (κ3) is 3.87. The molecule has 5 nitrogen and oxygen atoms in total. The molecule has 1 aliphatic rings. The maximum Gasteiger partial charge on any atom is 0.252 e. The highest BCUT2D eigenvalue weighted by atomic mass is 35.5. The Labute approximate surface area is 154 Å². The number of nitrogens with one attached hydrogen (secondary N) is 1. The van der Waals surface area contributed by atoms with Crippen LogP contribution in [0.5, 0.6) is 0 Å². The van der Waals surface area contributed by atoms with Gasteiger partial charge < -0.3 is 5.32 Å². The van der Waals surface area contributed by atoms with E-state index in [0.29, 0.717) is 17.1 Å². The van der Waals surface area contributed by atoms with Crippen molar-refractivity contribution in [1.82, 2.24) is 4.31 Å². The molecule has 1 saturated heterocycles. The standard InChI is InChI=1S/C16H16ClFN2O3S2/c17-12-3-1-4-13(15(12)18)19-16(21)11-6-8-20(9-7-11)25(22,23)14-5-2-10-24-14/h1-5,10-11H,6-9H2,(H,19,21). The highest BCUT2D eigenvalue weighted by molar-refractivity contribution is 7.91. The van der Waals surface area contributed by atoms with Crippen LogP contribution in [0.1, 0.15) is 12.8 Å². The first-order valence-corrected chi connectivity index (χ1v) is 10.4. The van der Waals surface area contributed by atoms with E-state index in [1.807, 2.05) is 0 Å². The SMILES string of the molecule is O=C(Nc1cccc(Cl)c1F)C1CCN(S(=O)(=O)c2cccs2)CC1. The van der Waals surface area contributed by atoms with Gasteiger partial charge >= 0.3 is 0 Å². The van der Waals surface area contributed by atoms with Crippen molar-refractivity contribution in [3.8, 4) is 0 Å². The summed E-state index contributed by atoms with van der Waals surface area (Å²) in [4.78, 5) is 12.3. The van der Waals surface area contributed by atoms with Gasteiger partial charge in [-0.25, -0.2) is 12.8 Å². The Morgan fingerprint density at radius 1 is 1.24 bits per heavy atom. The maximum absolute atomic E-state index is 13.9. The van der Waals surface area contributed by atoms with Gasteiger partial charge in [-0.3, -0.25) is 4.79 Å². The van der Waals surface area contributed by atoms with Gasteiger partial charge in [0.2, 0.25) is 5.91 Å². The Kier molecular flexibility index (Phi) is 5.43. The van der Waals surface area contributed by atoms with Gasteiger partial charge in [0.1, 0.15) is 4.21 Å². The molecular weight excluding hydrogens is 387 g/mol. The second kappa shape index (κ2) is 7.41. The molecule has 1 aliphatic heterocycles. The van der Waals surface area contributed by atoms with Crippen molar-refractivity contribution in [3.63, 3.8) is 0 Å².